The molecule has 0 radical (unpaired) electrons. The van der Waals surface area contributed by atoms with Crippen molar-refractivity contribution in [1.82, 2.24) is 15.0 Å². The van der Waals surface area contributed by atoms with Crippen LogP contribution in [0.3, 0.4) is 0 Å². The average Bonchev–Trinajstić information content (AvgIpc) is 3.17. The summed E-state index contributed by atoms with van der Waals surface area (Å²) in [5.41, 5.74) is 6.77. The maximum absolute atomic E-state index is 6.40. The largest absolute Gasteiger partial charge is 0.491 e. The first-order valence-corrected chi connectivity index (χ1v) is 8.08. The predicted octanol–water partition coefficient (Wildman–Crippen LogP) is 2.41. The Morgan fingerprint density at radius 2 is 2.00 bits per heavy atom. The molecular weight excluding hydrogens is 292 g/mol. The van der Waals surface area contributed by atoms with Crippen LogP contribution in [0.4, 0.5) is 0 Å². The molecule has 0 bridgehead atoms. The number of hydrogen-bond acceptors (Lipinski definition) is 6. The lowest BCUT2D eigenvalue weighted by Crippen LogP contribution is -2.34. The number of likely N-dealkylation sites (N-methyl/N-ethyl adjacent to an activating group) is 1. The van der Waals surface area contributed by atoms with Crippen LogP contribution in [-0.4, -0.2) is 42.3 Å². The van der Waals surface area contributed by atoms with Crippen LogP contribution in [0, 0.1) is 0 Å². The van der Waals surface area contributed by atoms with E-state index in [1.807, 2.05) is 38.4 Å². The lowest BCUT2D eigenvalue weighted by atomic mass is 9.99. The van der Waals surface area contributed by atoms with E-state index in [0.29, 0.717) is 18.3 Å². The highest BCUT2D eigenvalue weighted by Gasteiger charge is 2.36. The molecule has 6 nitrogen and oxygen atoms in total. The van der Waals surface area contributed by atoms with Crippen LogP contribution in [0.2, 0.25) is 0 Å². The van der Waals surface area contributed by atoms with Crippen LogP contribution < -0.4 is 10.5 Å². The molecule has 0 saturated heterocycles. The minimum absolute atomic E-state index is 0.442. The van der Waals surface area contributed by atoms with Crippen molar-refractivity contribution in [1.29, 1.82) is 0 Å². The molecule has 23 heavy (non-hydrogen) atoms. The molecule has 1 heterocycles. The van der Waals surface area contributed by atoms with Crippen LogP contribution in [0.25, 0.3) is 11.5 Å². The molecule has 1 aliphatic carbocycles. The van der Waals surface area contributed by atoms with E-state index in [1.54, 1.807) is 0 Å². The quantitative estimate of drug-likeness (QED) is 0.882. The molecule has 0 aliphatic heterocycles. The molecule has 124 valence electrons. The number of hydrogen-bond donors (Lipinski definition) is 1. The van der Waals surface area contributed by atoms with E-state index in [9.17, 15) is 0 Å². The van der Waals surface area contributed by atoms with Crippen molar-refractivity contribution in [2.45, 2.75) is 31.2 Å². The third kappa shape index (κ3) is 3.54. The molecule has 0 amide bonds. The Bertz CT molecular complexity index is 648. The molecule has 0 atom stereocenters. The second kappa shape index (κ2) is 6.68. The van der Waals surface area contributed by atoms with Crippen LogP contribution >= 0.6 is 0 Å². The van der Waals surface area contributed by atoms with E-state index >= 15 is 0 Å². The number of benzene rings is 1. The average molecular weight is 316 g/mol. The van der Waals surface area contributed by atoms with Crippen molar-refractivity contribution in [3.05, 3.63) is 30.1 Å². The fourth-order valence-corrected chi connectivity index (χ4v) is 2.87. The zero-order chi connectivity index (χ0) is 16.3. The Hall–Kier alpha value is -1.92. The number of ether oxygens (including phenoxy) is 1. The van der Waals surface area contributed by atoms with Crippen LogP contribution in [0.15, 0.2) is 28.8 Å². The number of rotatable bonds is 6. The van der Waals surface area contributed by atoms with Gasteiger partial charge < -0.3 is 19.9 Å². The summed E-state index contributed by atoms with van der Waals surface area (Å²) in [6.45, 7) is 1.45. The first kappa shape index (κ1) is 16.0. The minimum Gasteiger partial charge on any atom is -0.491 e. The van der Waals surface area contributed by atoms with Crippen molar-refractivity contribution in [2.24, 2.45) is 5.73 Å². The topological polar surface area (TPSA) is 77.4 Å². The van der Waals surface area contributed by atoms with Gasteiger partial charge in [-0.05, 0) is 39.1 Å². The Morgan fingerprint density at radius 1 is 1.26 bits per heavy atom. The van der Waals surface area contributed by atoms with Gasteiger partial charge in [-0.2, -0.15) is 4.98 Å². The van der Waals surface area contributed by atoms with E-state index in [4.69, 9.17) is 15.0 Å². The van der Waals surface area contributed by atoms with E-state index in [-0.39, 0.29) is 0 Å². The molecule has 2 N–H and O–H groups in total. The first-order chi connectivity index (χ1) is 11.1. The summed E-state index contributed by atoms with van der Waals surface area (Å²) in [5.74, 6) is 1.83. The summed E-state index contributed by atoms with van der Waals surface area (Å²) in [5, 5.41) is 4.12. The normalized spacial score (nSPS) is 16.9. The molecule has 1 aromatic heterocycles. The number of para-hydroxylation sites is 1. The summed E-state index contributed by atoms with van der Waals surface area (Å²) in [4.78, 5) is 6.62. The van der Waals surface area contributed by atoms with Gasteiger partial charge in [0.2, 0.25) is 0 Å². The monoisotopic (exact) mass is 316 g/mol. The number of nitrogens with two attached hydrogens (primary N) is 1. The highest BCUT2D eigenvalue weighted by Crippen LogP contribution is 2.36. The number of aromatic nitrogens is 2. The Balaban J connectivity index is 1.80. The van der Waals surface area contributed by atoms with E-state index in [2.05, 4.69) is 15.0 Å². The molecule has 0 unspecified atom stereocenters. The number of nitrogens with zero attached hydrogens (tertiary/aromatic N) is 3. The van der Waals surface area contributed by atoms with Gasteiger partial charge in [0.05, 0.1) is 11.1 Å². The Morgan fingerprint density at radius 3 is 2.74 bits per heavy atom. The van der Waals surface area contributed by atoms with Crippen LogP contribution in [-0.2, 0) is 5.54 Å². The molecule has 3 rings (SSSR count). The molecule has 1 saturated carbocycles. The van der Waals surface area contributed by atoms with Gasteiger partial charge >= 0.3 is 0 Å². The molecular formula is C17H24N4O2. The zero-order valence-corrected chi connectivity index (χ0v) is 13.8. The molecule has 0 spiro atoms. The highest BCUT2D eigenvalue weighted by atomic mass is 16.5. The van der Waals surface area contributed by atoms with E-state index in [1.165, 1.54) is 0 Å². The molecule has 2 aromatic rings. The van der Waals surface area contributed by atoms with Crippen molar-refractivity contribution < 1.29 is 9.26 Å². The lowest BCUT2D eigenvalue weighted by Gasteiger charge is -2.17. The maximum atomic E-state index is 6.40. The molecule has 1 fully saturated rings. The van der Waals surface area contributed by atoms with Gasteiger partial charge in [-0.3, -0.25) is 0 Å². The fourth-order valence-electron chi connectivity index (χ4n) is 2.87. The van der Waals surface area contributed by atoms with Gasteiger partial charge in [0.15, 0.2) is 5.82 Å². The first-order valence-electron chi connectivity index (χ1n) is 8.08. The highest BCUT2D eigenvalue weighted by molar-refractivity contribution is 5.62. The summed E-state index contributed by atoms with van der Waals surface area (Å²) >= 11 is 0. The summed E-state index contributed by atoms with van der Waals surface area (Å²) in [7, 11) is 4.03. The fraction of sp³-hybridized carbons (Fsp3) is 0.529. The third-order valence-electron chi connectivity index (χ3n) is 4.28. The van der Waals surface area contributed by atoms with Gasteiger partial charge in [-0.1, -0.05) is 30.1 Å². The summed E-state index contributed by atoms with van der Waals surface area (Å²) < 4.78 is 11.3. The van der Waals surface area contributed by atoms with Crippen molar-refractivity contribution in [3.63, 3.8) is 0 Å². The lowest BCUT2D eigenvalue weighted by molar-refractivity contribution is 0.261. The van der Waals surface area contributed by atoms with Gasteiger partial charge in [-0.25, -0.2) is 0 Å². The molecule has 1 aliphatic rings. The van der Waals surface area contributed by atoms with Crippen molar-refractivity contribution in [2.75, 3.05) is 27.2 Å². The third-order valence-corrected chi connectivity index (χ3v) is 4.28. The van der Waals surface area contributed by atoms with E-state index < -0.39 is 5.54 Å². The van der Waals surface area contributed by atoms with E-state index in [0.717, 1.165) is 43.5 Å². The van der Waals surface area contributed by atoms with Crippen LogP contribution in [0.5, 0.6) is 5.75 Å². The van der Waals surface area contributed by atoms with Gasteiger partial charge in [0.25, 0.3) is 5.89 Å². The Labute approximate surface area is 136 Å². The molecule has 1 aromatic carbocycles. The zero-order valence-electron chi connectivity index (χ0n) is 13.8. The van der Waals surface area contributed by atoms with Gasteiger partial charge in [0.1, 0.15) is 12.4 Å². The molecule has 6 heteroatoms. The van der Waals surface area contributed by atoms with Gasteiger partial charge in [-0.15, -0.1) is 0 Å². The summed E-state index contributed by atoms with van der Waals surface area (Å²) in [6, 6.07) is 7.72. The second-order valence-corrected chi connectivity index (χ2v) is 6.43. The predicted molar refractivity (Wildman–Crippen MR) is 88.1 cm³/mol. The smallest absolute Gasteiger partial charge is 0.261 e. The Kier molecular flexibility index (Phi) is 4.63. The maximum Gasteiger partial charge on any atom is 0.261 e. The standard InChI is InChI=1S/C17H24N4O2/c1-21(2)11-12-22-14-8-4-3-7-13(14)15-19-16(20-23-15)17(18)9-5-6-10-17/h3-4,7-8H,5-6,9-12,18H2,1-2H3. The second-order valence-electron chi connectivity index (χ2n) is 6.43. The van der Waals surface area contributed by atoms with Gasteiger partial charge in [0, 0.05) is 6.54 Å². The summed E-state index contributed by atoms with van der Waals surface area (Å²) in [6.07, 6.45) is 4.05. The van der Waals surface area contributed by atoms with Crippen molar-refractivity contribution >= 4 is 0 Å². The minimum atomic E-state index is -0.442. The van der Waals surface area contributed by atoms with Crippen molar-refractivity contribution in [3.8, 4) is 17.2 Å². The SMILES string of the molecule is CN(C)CCOc1ccccc1-c1nc(C2(N)CCCC2)no1. The van der Waals surface area contributed by atoms with Crippen LogP contribution in [0.1, 0.15) is 31.5 Å².